The Morgan fingerprint density at radius 2 is 2.35 bits per heavy atom. The fourth-order valence-electron chi connectivity index (χ4n) is 1.62. The second-order valence-corrected chi connectivity index (χ2v) is 4.75. The first kappa shape index (κ1) is 11.9. The van der Waals surface area contributed by atoms with Gasteiger partial charge in [0.05, 0.1) is 11.2 Å². The lowest BCUT2D eigenvalue weighted by Crippen LogP contribution is -2.14. The Labute approximate surface area is 109 Å². The van der Waals surface area contributed by atoms with E-state index >= 15 is 0 Å². The number of anilines is 1. The smallest absolute Gasteiger partial charge is 0.112 e. The molecule has 0 fully saturated rings. The van der Waals surface area contributed by atoms with Crippen LogP contribution in [0.5, 0.6) is 0 Å². The maximum absolute atomic E-state index is 5.29. The number of hydrogen-bond donors (Lipinski definition) is 1. The zero-order chi connectivity index (χ0) is 12.3. The average molecular weight is 290 g/mol. The third kappa shape index (κ3) is 2.75. The van der Waals surface area contributed by atoms with E-state index in [0.29, 0.717) is 6.42 Å². The Kier molecular flexibility index (Phi) is 3.60. The van der Waals surface area contributed by atoms with Crippen LogP contribution in [0.2, 0.25) is 0 Å². The fraction of sp³-hybridized carbons (Fsp3) is 0.231. The van der Waals surface area contributed by atoms with Gasteiger partial charge in [-0.1, -0.05) is 0 Å². The van der Waals surface area contributed by atoms with Crippen molar-refractivity contribution in [2.24, 2.45) is 0 Å². The molecule has 2 aromatic rings. The van der Waals surface area contributed by atoms with Crippen LogP contribution in [-0.4, -0.2) is 16.0 Å². The van der Waals surface area contributed by atoms with Crippen molar-refractivity contribution in [1.29, 1.82) is 0 Å². The quantitative estimate of drug-likeness (QED) is 0.882. The highest BCUT2D eigenvalue weighted by Gasteiger charge is 2.06. The standard InChI is InChI=1S/C13H12BrN3/c1-3-4-9(2)17-11-5-6-15-12-7-10(14)8-16-13(11)12/h1,5-9H,4H2,2H3,(H,15,17). The molecular formula is C13H12BrN3. The highest BCUT2D eigenvalue weighted by atomic mass is 79.9. The van der Waals surface area contributed by atoms with Gasteiger partial charge in [-0.25, -0.2) is 0 Å². The van der Waals surface area contributed by atoms with Gasteiger partial charge in [0, 0.05) is 29.3 Å². The minimum absolute atomic E-state index is 0.219. The Hall–Kier alpha value is -1.60. The van der Waals surface area contributed by atoms with Crippen molar-refractivity contribution in [2.75, 3.05) is 5.32 Å². The zero-order valence-electron chi connectivity index (χ0n) is 9.44. The van der Waals surface area contributed by atoms with Crippen LogP contribution < -0.4 is 5.32 Å². The predicted octanol–water partition coefficient (Wildman–Crippen LogP) is 3.22. The van der Waals surface area contributed by atoms with E-state index in [0.717, 1.165) is 21.2 Å². The van der Waals surface area contributed by atoms with Crippen molar-refractivity contribution in [2.45, 2.75) is 19.4 Å². The van der Waals surface area contributed by atoms with E-state index in [1.54, 1.807) is 12.4 Å². The topological polar surface area (TPSA) is 37.8 Å². The third-order valence-electron chi connectivity index (χ3n) is 2.37. The summed E-state index contributed by atoms with van der Waals surface area (Å²) in [7, 11) is 0. The number of halogens is 1. The number of hydrogen-bond acceptors (Lipinski definition) is 3. The van der Waals surface area contributed by atoms with Crippen LogP contribution in [0.1, 0.15) is 13.3 Å². The molecule has 0 bridgehead atoms. The summed E-state index contributed by atoms with van der Waals surface area (Å²) in [6, 6.07) is 4.08. The molecule has 2 rings (SSSR count). The molecule has 1 N–H and O–H groups in total. The number of fused-ring (bicyclic) bond motifs is 1. The molecule has 0 saturated heterocycles. The third-order valence-corrected chi connectivity index (χ3v) is 2.80. The normalized spacial score (nSPS) is 12.1. The van der Waals surface area contributed by atoms with Crippen LogP contribution in [0.3, 0.4) is 0 Å². The monoisotopic (exact) mass is 289 g/mol. The minimum atomic E-state index is 0.219. The molecule has 0 aliphatic carbocycles. The van der Waals surface area contributed by atoms with Crippen LogP contribution in [-0.2, 0) is 0 Å². The van der Waals surface area contributed by atoms with E-state index in [9.17, 15) is 0 Å². The first-order chi connectivity index (χ1) is 8.20. The maximum Gasteiger partial charge on any atom is 0.112 e. The van der Waals surface area contributed by atoms with E-state index in [-0.39, 0.29) is 6.04 Å². The number of rotatable bonds is 3. The largest absolute Gasteiger partial charge is 0.380 e. The van der Waals surface area contributed by atoms with Crippen molar-refractivity contribution in [3.05, 3.63) is 29.0 Å². The van der Waals surface area contributed by atoms with Gasteiger partial charge in [-0.3, -0.25) is 9.97 Å². The number of terminal acetylenes is 1. The first-order valence-electron chi connectivity index (χ1n) is 5.31. The maximum atomic E-state index is 5.29. The summed E-state index contributed by atoms with van der Waals surface area (Å²) in [5.74, 6) is 2.64. The second-order valence-electron chi connectivity index (χ2n) is 3.83. The summed E-state index contributed by atoms with van der Waals surface area (Å²) < 4.78 is 0.923. The van der Waals surface area contributed by atoms with E-state index in [1.165, 1.54) is 0 Å². The summed E-state index contributed by atoms with van der Waals surface area (Å²) in [5.41, 5.74) is 2.68. The molecule has 0 amide bonds. The van der Waals surface area contributed by atoms with Crippen LogP contribution in [0, 0.1) is 12.3 Å². The van der Waals surface area contributed by atoms with Crippen LogP contribution in [0.15, 0.2) is 29.0 Å². The summed E-state index contributed by atoms with van der Waals surface area (Å²) in [6.45, 7) is 2.05. The highest BCUT2D eigenvalue weighted by Crippen LogP contribution is 2.22. The molecule has 0 spiro atoms. The minimum Gasteiger partial charge on any atom is -0.380 e. The van der Waals surface area contributed by atoms with Crippen molar-refractivity contribution < 1.29 is 0 Å². The van der Waals surface area contributed by atoms with Gasteiger partial charge in [0.15, 0.2) is 0 Å². The number of nitrogens with one attached hydrogen (secondary N) is 1. The molecule has 0 radical (unpaired) electrons. The Bertz CT molecular complexity index is 574. The van der Waals surface area contributed by atoms with Crippen LogP contribution >= 0.6 is 15.9 Å². The lowest BCUT2D eigenvalue weighted by Gasteiger charge is -2.13. The van der Waals surface area contributed by atoms with E-state index in [2.05, 4.69) is 37.1 Å². The molecule has 0 aromatic carbocycles. The molecule has 2 aromatic heterocycles. The average Bonchev–Trinajstić information content (AvgIpc) is 2.29. The zero-order valence-corrected chi connectivity index (χ0v) is 11.0. The van der Waals surface area contributed by atoms with E-state index in [1.807, 2.05) is 19.1 Å². The van der Waals surface area contributed by atoms with Gasteiger partial charge in [0.2, 0.25) is 0 Å². The molecule has 4 heteroatoms. The number of aromatic nitrogens is 2. The molecule has 1 unspecified atom stereocenters. The molecule has 0 saturated carbocycles. The van der Waals surface area contributed by atoms with Crippen molar-refractivity contribution in [3.63, 3.8) is 0 Å². The van der Waals surface area contributed by atoms with Crippen molar-refractivity contribution in [1.82, 2.24) is 9.97 Å². The van der Waals surface area contributed by atoms with Gasteiger partial charge in [-0.2, -0.15) is 0 Å². The highest BCUT2D eigenvalue weighted by molar-refractivity contribution is 9.10. The van der Waals surface area contributed by atoms with Gasteiger partial charge >= 0.3 is 0 Å². The number of nitrogens with zero attached hydrogens (tertiary/aromatic N) is 2. The Morgan fingerprint density at radius 1 is 1.53 bits per heavy atom. The molecular weight excluding hydrogens is 278 g/mol. The molecule has 17 heavy (non-hydrogen) atoms. The lowest BCUT2D eigenvalue weighted by atomic mass is 10.2. The number of pyridine rings is 2. The summed E-state index contributed by atoms with van der Waals surface area (Å²) in [6.07, 6.45) is 9.50. The Balaban J connectivity index is 2.38. The molecule has 86 valence electrons. The Morgan fingerprint density at radius 3 is 3.12 bits per heavy atom. The van der Waals surface area contributed by atoms with Gasteiger partial charge in [0.25, 0.3) is 0 Å². The molecule has 0 aliphatic rings. The van der Waals surface area contributed by atoms with Gasteiger partial charge < -0.3 is 5.32 Å². The SMILES string of the molecule is C#CCC(C)Nc1ccnc2cc(Br)cnc12. The predicted molar refractivity (Wildman–Crippen MR) is 73.8 cm³/mol. The first-order valence-corrected chi connectivity index (χ1v) is 6.10. The summed E-state index contributed by atoms with van der Waals surface area (Å²) >= 11 is 3.38. The fourth-order valence-corrected chi connectivity index (χ4v) is 1.93. The molecule has 1 atom stereocenters. The van der Waals surface area contributed by atoms with E-state index in [4.69, 9.17) is 6.42 Å². The van der Waals surface area contributed by atoms with Crippen LogP contribution in [0.4, 0.5) is 5.69 Å². The molecule has 3 nitrogen and oxygen atoms in total. The van der Waals surface area contributed by atoms with Gasteiger partial charge in [0.1, 0.15) is 5.52 Å². The summed E-state index contributed by atoms with van der Waals surface area (Å²) in [5, 5.41) is 3.34. The summed E-state index contributed by atoms with van der Waals surface area (Å²) in [4.78, 5) is 8.65. The van der Waals surface area contributed by atoms with Crippen LogP contribution in [0.25, 0.3) is 11.0 Å². The second kappa shape index (κ2) is 5.15. The lowest BCUT2D eigenvalue weighted by molar-refractivity contribution is 0.829. The van der Waals surface area contributed by atoms with Crippen molar-refractivity contribution in [3.8, 4) is 12.3 Å². The van der Waals surface area contributed by atoms with E-state index < -0.39 is 0 Å². The molecule has 2 heterocycles. The van der Waals surface area contributed by atoms with Gasteiger partial charge in [-0.15, -0.1) is 12.3 Å². The van der Waals surface area contributed by atoms with Gasteiger partial charge in [-0.05, 0) is 35.0 Å². The molecule has 0 aliphatic heterocycles. The van der Waals surface area contributed by atoms with Crippen molar-refractivity contribution >= 4 is 32.7 Å².